The molecule has 8 heavy (non-hydrogen) atoms. The first kappa shape index (κ1) is 5.22. The van der Waals surface area contributed by atoms with E-state index in [-0.39, 0.29) is 0 Å². The van der Waals surface area contributed by atoms with E-state index in [0.717, 1.165) is 19.3 Å². The monoisotopic (exact) mass is 104 g/mol. The highest BCUT2D eigenvalue weighted by Gasteiger charge is 1.75. The number of allylic oxidation sites excluding steroid dienone is 1. The standard InChI is InChI=1S/C8H8/c1-2-4-6-8-7-5-3-1/h1,5H,2,4,7H2. The zero-order chi connectivity index (χ0) is 5.66. The van der Waals surface area contributed by atoms with Crippen molar-refractivity contribution < 1.29 is 0 Å². The summed E-state index contributed by atoms with van der Waals surface area (Å²) in [6, 6.07) is 0. The van der Waals surface area contributed by atoms with Crippen LogP contribution in [0, 0.1) is 11.8 Å². The molecule has 0 radical (unpaired) electrons. The Balaban J connectivity index is 2.57. The van der Waals surface area contributed by atoms with Gasteiger partial charge in [0.05, 0.1) is 0 Å². The van der Waals surface area contributed by atoms with Crippen LogP contribution in [0.4, 0.5) is 0 Å². The van der Waals surface area contributed by atoms with Crippen molar-refractivity contribution in [3.63, 3.8) is 0 Å². The summed E-state index contributed by atoms with van der Waals surface area (Å²) >= 11 is 0. The molecular weight excluding hydrogens is 96.1 g/mol. The Morgan fingerprint density at radius 1 is 1.12 bits per heavy atom. The van der Waals surface area contributed by atoms with E-state index in [2.05, 4.69) is 17.6 Å². The fourth-order valence-electron chi connectivity index (χ4n) is 0.582. The largest absolute Gasteiger partial charge is 0.129 e. The lowest BCUT2D eigenvalue weighted by atomic mass is 10.2. The van der Waals surface area contributed by atoms with Crippen molar-refractivity contribution in [2.24, 2.45) is 0 Å². The quantitative estimate of drug-likeness (QED) is 0.325. The molecule has 40 valence electrons. The molecule has 1 rings (SSSR count). The fraction of sp³-hybridized carbons (Fsp3) is 0.375. The molecule has 0 fully saturated rings. The van der Waals surface area contributed by atoms with Gasteiger partial charge in [0.15, 0.2) is 0 Å². The van der Waals surface area contributed by atoms with Crippen molar-refractivity contribution in [1.29, 1.82) is 0 Å². The molecular formula is C8H8. The van der Waals surface area contributed by atoms with E-state index in [4.69, 9.17) is 0 Å². The fourth-order valence-corrected chi connectivity index (χ4v) is 0.582. The smallest absolute Gasteiger partial charge is 0.0344 e. The zero-order valence-corrected chi connectivity index (χ0v) is 4.78. The van der Waals surface area contributed by atoms with Gasteiger partial charge in [-0.05, 0) is 18.6 Å². The van der Waals surface area contributed by atoms with Crippen LogP contribution in [0.1, 0.15) is 19.3 Å². The average Bonchev–Trinajstić information content (AvgIpc) is 1.62. The number of rotatable bonds is 0. The molecule has 0 heteroatoms. The molecule has 0 aromatic heterocycles. The Morgan fingerprint density at radius 3 is 3.12 bits per heavy atom. The molecule has 0 bridgehead atoms. The Kier molecular flexibility index (Phi) is 2.04. The van der Waals surface area contributed by atoms with Crippen molar-refractivity contribution in [3.8, 4) is 11.8 Å². The van der Waals surface area contributed by atoms with Gasteiger partial charge in [0.1, 0.15) is 0 Å². The van der Waals surface area contributed by atoms with E-state index >= 15 is 0 Å². The van der Waals surface area contributed by atoms with E-state index in [1.54, 1.807) is 0 Å². The van der Waals surface area contributed by atoms with Gasteiger partial charge < -0.3 is 0 Å². The van der Waals surface area contributed by atoms with Gasteiger partial charge in [-0.1, -0.05) is 5.92 Å². The van der Waals surface area contributed by atoms with Gasteiger partial charge in [-0.3, -0.25) is 0 Å². The minimum absolute atomic E-state index is 0.872. The summed E-state index contributed by atoms with van der Waals surface area (Å²) in [5.74, 6) is 6.03. The second-order valence-electron chi connectivity index (χ2n) is 1.67. The Morgan fingerprint density at radius 2 is 2.12 bits per heavy atom. The van der Waals surface area contributed by atoms with Gasteiger partial charge in [0.2, 0.25) is 0 Å². The zero-order valence-electron chi connectivity index (χ0n) is 4.78. The summed E-state index contributed by atoms with van der Waals surface area (Å²) in [5.41, 5.74) is 3.03. The minimum atomic E-state index is 0.872. The first-order chi connectivity index (χ1) is 4.00. The van der Waals surface area contributed by atoms with Gasteiger partial charge in [-0.2, -0.15) is 0 Å². The lowest BCUT2D eigenvalue weighted by molar-refractivity contribution is 1.08. The first-order valence-corrected chi connectivity index (χ1v) is 2.85. The van der Waals surface area contributed by atoms with Crippen LogP contribution in [0.25, 0.3) is 0 Å². The molecule has 0 saturated carbocycles. The van der Waals surface area contributed by atoms with Crippen molar-refractivity contribution in [1.82, 2.24) is 0 Å². The van der Waals surface area contributed by atoms with Crippen LogP contribution in [-0.2, 0) is 0 Å². The maximum Gasteiger partial charge on any atom is 0.0344 e. The minimum Gasteiger partial charge on any atom is -0.129 e. The SMILES string of the molecule is C1=CCC#CCCC=1. The predicted octanol–water partition coefficient (Wildman–Crippen LogP) is 1.89. The summed E-state index contributed by atoms with van der Waals surface area (Å²) in [7, 11) is 0. The molecule has 0 aliphatic heterocycles. The van der Waals surface area contributed by atoms with E-state index in [1.807, 2.05) is 12.2 Å². The molecule has 0 amide bonds. The van der Waals surface area contributed by atoms with Crippen LogP contribution in [0.2, 0.25) is 0 Å². The molecule has 0 unspecified atom stereocenters. The molecule has 1 aliphatic rings. The second-order valence-corrected chi connectivity index (χ2v) is 1.67. The first-order valence-electron chi connectivity index (χ1n) is 2.85. The highest BCUT2D eigenvalue weighted by Crippen LogP contribution is 1.91. The third-order valence-corrected chi connectivity index (χ3v) is 0.979. The van der Waals surface area contributed by atoms with Gasteiger partial charge in [-0.25, -0.2) is 0 Å². The van der Waals surface area contributed by atoms with Crippen molar-refractivity contribution >= 4 is 0 Å². The van der Waals surface area contributed by atoms with Crippen LogP contribution in [0.3, 0.4) is 0 Å². The molecule has 1 aliphatic carbocycles. The van der Waals surface area contributed by atoms with Gasteiger partial charge in [-0.15, -0.1) is 11.7 Å². The predicted molar refractivity (Wildman–Crippen MR) is 34.3 cm³/mol. The van der Waals surface area contributed by atoms with Crippen LogP contribution < -0.4 is 0 Å². The van der Waals surface area contributed by atoms with Gasteiger partial charge >= 0.3 is 0 Å². The molecule has 0 nitrogen and oxygen atoms in total. The summed E-state index contributed by atoms with van der Waals surface area (Å²) in [5, 5.41) is 0. The maximum atomic E-state index is 3.03. The van der Waals surface area contributed by atoms with Crippen molar-refractivity contribution in [3.05, 3.63) is 17.9 Å². The normalized spacial score (nSPS) is 16.0. The number of hydrogen-bond donors (Lipinski definition) is 0. The maximum absolute atomic E-state index is 3.03. The van der Waals surface area contributed by atoms with Gasteiger partial charge in [0.25, 0.3) is 0 Å². The lowest BCUT2D eigenvalue weighted by Gasteiger charge is -1.81. The summed E-state index contributed by atoms with van der Waals surface area (Å²) in [6.07, 6.45) is 6.93. The third kappa shape index (κ3) is 1.69. The summed E-state index contributed by atoms with van der Waals surface area (Å²) < 4.78 is 0. The highest BCUT2D eigenvalue weighted by molar-refractivity contribution is 5.07. The molecule has 0 aromatic rings. The molecule has 0 spiro atoms. The van der Waals surface area contributed by atoms with Crippen LogP contribution in [0.5, 0.6) is 0 Å². The summed E-state index contributed by atoms with van der Waals surface area (Å²) in [4.78, 5) is 0. The Hall–Kier alpha value is -0.920. The topological polar surface area (TPSA) is 0 Å². The van der Waals surface area contributed by atoms with Crippen LogP contribution in [0.15, 0.2) is 17.9 Å². The molecule has 0 N–H and O–H groups in total. The van der Waals surface area contributed by atoms with Crippen molar-refractivity contribution in [2.75, 3.05) is 0 Å². The molecule has 0 saturated heterocycles. The Labute approximate surface area is 49.9 Å². The third-order valence-electron chi connectivity index (χ3n) is 0.979. The highest BCUT2D eigenvalue weighted by atomic mass is 13.8. The number of hydrogen-bond acceptors (Lipinski definition) is 0. The molecule has 0 atom stereocenters. The van der Waals surface area contributed by atoms with E-state index in [0.29, 0.717) is 0 Å². The average molecular weight is 104 g/mol. The van der Waals surface area contributed by atoms with Crippen LogP contribution in [-0.4, -0.2) is 0 Å². The van der Waals surface area contributed by atoms with E-state index in [1.165, 1.54) is 0 Å². The second kappa shape index (κ2) is 3.13. The van der Waals surface area contributed by atoms with Crippen molar-refractivity contribution in [2.45, 2.75) is 19.3 Å². The van der Waals surface area contributed by atoms with Crippen LogP contribution >= 0.6 is 0 Å². The van der Waals surface area contributed by atoms with E-state index < -0.39 is 0 Å². The lowest BCUT2D eigenvalue weighted by Crippen LogP contribution is -1.67. The van der Waals surface area contributed by atoms with E-state index in [9.17, 15) is 0 Å². The summed E-state index contributed by atoms with van der Waals surface area (Å²) in [6.45, 7) is 0. The Bertz CT molecular complexity index is 170. The molecule has 0 heterocycles. The van der Waals surface area contributed by atoms with Gasteiger partial charge in [0, 0.05) is 12.8 Å². The molecule has 0 aromatic carbocycles.